The summed E-state index contributed by atoms with van der Waals surface area (Å²) in [5.41, 5.74) is -3.25. The number of halogens is 6. The van der Waals surface area contributed by atoms with Crippen molar-refractivity contribution < 1.29 is 36.2 Å². The van der Waals surface area contributed by atoms with Crippen LogP contribution in [0, 0.1) is 0 Å². The van der Waals surface area contributed by atoms with Crippen molar-refractivity contribution in [3.63, 3.8) is 0 Å². The van der Waals surface area contributed by atoms with E-state index in [1.54, 1.807) is 0 Å². The molecule has 1 N–H and O–H groups in total. The topological polar surface area (TPSA) is 37.3 Å². The minimum Gasteiger partial charge on any atom is -0.481 e. The molecule has 2 nitrogen and oxygen atoms in total. The van der Waals surface area contributed by atoms with Crippen molar-refractivity contribution in [2.45, 2.75) is 18.8 Å². The first-order valence-corrected chi connectivity index (χ1v) is 5.18. The quantitative estimate of drug-likeness (QED) is 0.849. The molecule has 110 valence electrons. The molecule has 0 atom stereocenters. The molecule has 0 amide bonds. The van der Waals surface area contributed by atoms with E-state index in [1.165, 1.54) is 0 Å². The maximum absolute atomic E-state index is 12.5. The Morgan fingerprint density at radius 2 is 1.45 bits per heavy atom. The Labute approximate surface area is 109 Å². The van der Waals surface area contributed by atoms with Crippen molar-refractivity contribution >= 4 is 12.0 Å². The van der Waals surface area contributed by atoms with Crippen molar-refractivity contribution in [2.24, 2.45) is 0 Å². The summed E-state index contributed by atoms with van der Waals surface area (Å²) in [6.45, 7) is 0. The van der Waals surface area contributed by atoms with E-state index in [2.05, 4.69) is 0 Å². The van der Waals surface area contributed by atoms with Crippen LogP contribution in [0.15, 0.2) is 24.3 Å². The molecule has 0 bridgehead atoms. The molecule has 0 saturated carbocycles. The third-order valence-corrected chi connectivity index (χ3v) is 2.21. The van der Waals surface area contributed by atoms with Crippen molar-refractivity contribution in [1.29, 1.82) is 0 Å². The molecule has 1 aromatic rings. The summed E-state index contributed by atoms with van der Waals surface area (Å²) in [6.07, 6.45) is -8.47. The zero-order valence-electron chi connectivity index (χ0n) is 9.72. The standard InChI is InChI=1S/C12H8F6O2/c13-11(14,15)8-4-7(2-1-3-10(19)20)5-9(6-8)12(16,17)18/h1-2,4-6H,3H2,(H,19,20)/b2-1+. The van der Waals surface area contributed by atoms with Crippen LogP contribution in [0.25, 0.3) is 6.08 Å². The summed E-state index contributed by atoms with van der Waals surface area (Å²) < 4.78 is 75.0. The summed E-state index contributed by atoms with van der Waals surface area (Å²) in [5, 5.41) is 8.35. The Morgan fingerprint density at radius 3 is 1.80 bits per heavy atom. The van der Waals surface area contributed by atoms with Gasteiger partial charge >= 0.3 is 18.3 Å². The number of alkyl halides is 6. The fourth-order valence-corrected chi connectivity index (χ4v) is 1.37. The van der Waals surface area contributed by atoms with Gasteiger partial charge in [0, 0.05) is 0 Å². The molecule has 0 aliphatic heterocycles. The van der Waals surface area contributed by atoms with E-state index in [4.69, 9.17) is 5.11 Å². The number of benzene rings is 1. The Hall–Kier alpha value is -1.99. The lowest BCUT2D eigenvalue weighted by Gasteiger charge is -2.12. The zero-order valence-corrected chi connectivity index (χ0v) is 9.72. The van der Waals surface area contributed by atoms with Gasteiger partial charge in [-0.15, -0.1) is 0 Å². The molecule has 0 saturated heterocycles. The second-order valence-electron chi connectivity index (χ2n) is 3.84. The highest BCUT2D eigenvalue weighted by Crippen LogP contribution is 2.36. The van der Waals surface area contributed by atoms with Gasteiger partial charge in [0.1, 0.15) is 0 Å². The number of hydrogen-bond donors (Lipinski definition) is 1. The van der Waals surface area contributed by atoms with Crippen LogP contribution < -0.4 is 0 Å². The predicted octanol–water partition coefficient (Wildman–Crippen LogP) is 4.21. The van der Waals surface area contributed by atoms with E-state index in [0.29, 0.717) is 12.1 Å². The summed E-state index contributed by atoms with van der Waals surface area (Å²) in [6, 6.07) is 1.05. The van der Waals surface area contributed by atoms with Gasteiger partial charge in [-0.05, 0) is 23.8 Å². The SMILES string of the molecule is O=C(O)C/C=C/c1cc(C(F)(F)F)cc(C(F)(F)F)c1. The number of rotatable bonds is 3. The van der Waals surface area contributed by atoms with Crippen LogP contribution in [0.2, 0.25) is 0 Å². The van der Waals surface area contributed by atoms with Crippen molar-refractivity contribution in [3.8, 4) is 0 Å². The summed E-state index contributed by atoms with van der Waals surface area (Å²) in [7, 11) is 0. The largest absolute Gasteiger partial charge is 0.481 e. The average Bonchev–Trinajstić information content (AvgIpc) is 2.25. The van der Waals surface area contributed by atoms with Gasteiger partial charge in [0.05, 0.1) is 17.5 Å². The molecule has 0 heterocycles. The predicted molar refractivity (Wildman–Crippen MR) is 57.7 cm³/mol. The van der Waals surface area contributed by atoms with Crippen molar-refractivity contribution in [2.75, 3.05) is 0 Å². The van der Waals surface area contributed by atoms with Crippen LogP contribution in [-0.2, 0) is 17.1 Å². The number of carbonyl (C=O) groups is 1. The maximum Gasteiger partial charge on any atom is 0.416 e. The molecule has 0 aliphatic carbocycles. The molecule has 0 spiro atoms. The lowest BCUT2D eigenvalue weighted by atomic mass is 10.0. The van der Waals surface area contributed by atoms with Crippen LogP contribution >= 0.6 is 0 Å². The van der Waals surface area contributed by atoms with E-state index in [0.717, 1.165) is 12.2 Å². The highest BCUT2D eigenvalue weighted by atomic mass is 19.4. The smallest absolute Gasteiger partial charge is 0.416 e. The van der Waals surface area contributed by atoms with Gasteiger partial charge in [-0.3, -0.25) is 4.79 Å². The van der Waals surface area contributed by atoms with Gasteiger partial charge in [0.25, 0.3) is 0 Å². The Balaban J connectivity index is 3.24. The molecule has 1 aromatic carbocycles. The van der Waals surface area contributed by atoms with E-state index in [9.17, 15) is 31.1 Å². The highest BCUT2D eigenvalue weighted by molar-refractivity contribution is 5.70. The fraction of sp³-hybridized carbons (Fsp3) is 0.250. The van der Waals surface area contributed by atoms with Gasteiger partial charge in [-0.25, -0.2) is 0 Å². The van der Waals surface area contributed by atoms with Gasteiger partial charge in [-0.2, -0.15) is 26.3 Å². The molecule has 20 heavy (non-hydrogen) atoms. The Morgan fingerprint density at radius 1 is 1.00 bits per heavy atom. The van der Waals surface area contributed by atoms with Gasteiger partial charge in [0.2, 0.25) is 0 Å². The van der Waals surface area contributed by atoms with Gasteiger partial charge in [0.15, 0.2) is 0 Å². The van der Waals surface area contributed by atoms with Crippen LogP contribution in [-0.4, -0.2) is 11.1 Å². The molecule has 0 aromatic heterocycles. The number of carboxylic acid groups (broad SMARTS) is 1. The molecule has 0 unspecified atom stereocenters. The van der Waals surface area contributed by atoms with E-state index >= 15 is 0 Å². The zero-order chi connectivity index (χ0) is 15.6. The number of carboxylic acids is 1. The number of aliphatic carboxylic acids is 1. The number of hydrogen-bond acceptors (Lipinski definition) is 1. The van der Waals surface area contributed by atoms with Crippen LogP contribution in [0.4, 0.5) is 26.3 Å². The molecule has 8 heteroatoms. The van der Waals surface area contributed by atoms with Crippen LogP contribution in [0.5, 0.6) is 0 Å². The monoisotopic (exact) mass is 298 g/mol. The lowest BCUT2D eigenvalue weighted by molar-refractivity contribution is -0.143. The Kier molecular flexibility index (Phi) is 4.46. The van der Waals surface area contributed by atoms with E-state index in [-0.39, 0.29) is 11.6 Å². The van der Waals surface area contributed by atoms with E-state index in [1.807, 2.05) is 0 Å². The summed E-state index contributed by atoms with van der Waals surface area (Å²) in [4.78, 5) is 10.2. The van der Waals surface area contributed by atoms with Gasteiger partial charge in [-0.1, -0.05) is 12.2 Å². The highest BCUT2D eigenvalue weighted by Gasteiger charge is 2.36. The average molecular weight is 298 g/mol. The van der Waals surface area contributed by atoms with E-state index < -0.39 is 35.9 Å². The normalized spacial score (nSPS) is 12.9. The third-order valence-electron chi connectivity index (χ3n) is 2.21. The minimum atomic E-state index is -4.92. The third kappa shape index (κ3) is 4.60. The first-order valence-electron chi connectivity index (χ1n) is 5.18. The fourth-order valence-electron chi connectivity index (χ4n) is 1.37. The lowest BCUT2D eigenvalue weighted by Crippen LogP contribution is -2.11. The molecule has 0 fully saturated rings. The first kappa shape index (κ1) is 16.1. The van der Waals surface area contributed by atoms with Gasteiger partial charge < -0.3 is 5.11 Å². The molecule has 1 rings (SSSR count). The second kappa shape index (κ2) is 5.56. The Bertz CT molecular complexity index is 495. The van der Waals surface area contributed by atoms with Crippen molar-refractivity contribution in [1.82, 2.24) is 0 Å². The first-order chi connectivity index (χ1) is 9.00. The molecule has 0 radical (unpaired) electrons. The summed E-state index contributed by atoms with van der Waals surface area (Å²) >= 11 is 0. The maximum atomic E-state index is 12.5. The van der Waals surface area contributed by atoms with Crippen LogP contribution in [0.3, 0.4) is 0 Å². The van der Waals surface area contributed by atoms with Crippen molar-refractivity contribution in [3.05, 3.63) is 41.0 Å². The molecular formula is C12H8F6O2. The molecule has 0 aliphatic rings. The second-order valence-corrected chi connectivity index (χ2v) is 3.84. The molecular weight excluding hydrogens is 290 g/mol. The van der Waals surface area contributed by atoms with Crippen LogP contribution in [0.1, 0.15) is 23.1 Å². The minimum absolute atomic E-state index is 0.00847. The summed E-state index contributed by atoms with van der Waals surface area (Å²) in [5.74, 6) is -1.25.